The van der Waals surface area contributed by atoms with Gasteiger partial charge in [0.05, 0.1) is 31.2 Å². The SMILES string of the molecule is COC(=O)N(Cc1ccc(C(=O)Nc2cc(C)ccc2O)cc1)c1cccnc1. The van der Waals surface area contributed by atoms with Crippen LogP contribution in [-0.4, -0.2) is 29.2 Å². The highest BCUT2D eigenvalue weighted by molar-refractivity contribution is 6.05. The molecule has 7 nitrogen and oxygen atoms in total. The Balaban J connectivity index is 1.74. The van der Waals surface area contributed by atoms with Crippen LogP contribution >= 0.6 is 0 Å². The molecule has 0 atom stereocenters. The largest absolute Gasteiger partial charge is 0.506 e. The number of aromatic nitrogens is 1. The minimum atomic E-state index is -0.505. The van der Waals surface area contributed by atoms with Gasteiger partial charge in [0, 0.05) is 11.8 Å². The number of anilines is 2. The van der Waals surface area contributed by atoms with Crippen molar-refractivity contribution in [2.75, 3.05) is 17.3 Å². The molecule has 0 radical (unpaired) electrons. The van der Waals surface area contributed by atoms with Crippen LogP contribution in [0.1, 0.15) is 21.5 Å². The number of aromatic hydroxyl groups is 1. The van der Waals surface area contributed by atoms with Crippen molar-refractivity contribution < 1.29 is 19.4 Å². The Morgan fingerprint density at radius 3 is 2.55 bits per heavy atom. The monoisotopic (exact) mass is 391 g/mol. The Kier molecular flexibility index (Phi) is 6.09. The van der Waals surface area contributed by atoms with Crippen LogP contribution in [0, 0.1) is 6.92 Å². The third-order valence-corrected chi connectivity index (χ3v) is 4.31. The number of aryl methyl sites for hydroxylation is 1. The number of rotatable bonds is 5. The highest BCUT2D eigenvalue weighted by Crippen LogP contribution is 2.24. The number of nitrogens with zero attached hydrogens (tertiary/aromatic N) is 2. The van der Waals surface area contributed by atoms with Crippen molar-refractivity contribution in [3.05, 3.63) is 83.7 Å². The number of hydrogen-bond donors (Lipinski definition) is 2. The third-order valence-electron chi connectivity index (χ3n) is 4.31. The van der Waals surface area contributed by atoms with Crippen molar-refractivity contribution in [1.29, 1.82) is 0 Å². The molecule has 2 aromatic carbocycles. The number of methoxy groups -OCH3 is 1. The van der Waals surface area contributed by atoms with Crippen molar-refractivity contribution >= 4 is 23.4 Å². The maximum absolute atomic E-state index is 12.5. The van der Waals surface area contributed by atoms with E-state index in [1.807, 2.05) is 6.92 Å². The van der Waals surface area contributed by atoms with Gasteiger partial charge in [-0.1, -0.05) is 18.2 Å². The second-order valence-corrected chi connectivity index (χ2v) is 6.44. The number of amides is 2. The Labute approximate surface area is 168 Å². The molecule has 148 valence electrons. The lowest BCUT2D eigenvalue weighted by atomic mass is 10.1. The Bertz CT molecular complexity index is 1000. The van der Waals surface area contributed by atoms with Crippen LogP contribution in [0.2, 0.25) is 0 Å². The van der Waals surface area contributed by atoms with E-state index in [1.54, 1.807) is 60.9 Å². The molecule has 0 aliphatic rings. The topological polar surface area (TPSA) is 91.8 Å². The molecule has 0 saturated carbocycles. The predicted octanol–water partition coefficient (Wildman–Crippen LogP) is 4.12. The maximum Gasteiger partial charge on any atom is 0.414 e. The second kappa shape index (κ2) is 8.88. The summed E-state index contributed by atoms with van der Waals surface area (Å²) in [5, 5.41) is 12.6. The number of carbonyl (C=O) groups is 2. The quantitative estimate of drug-likeness (QED) is 0.639. The number of ether oxygens (including phenoxy) is 1. The fourth-order valence-corrected chi connectivity index (χ4v) is 2.77. The van der Waals surface area contributed by atoms with E-state index < -0.39 is 6.09 Å². The molecule has 3 aromatic rings. The molecule has 2 N–H and O–H groups in total. The fraction of sp³-hybridized carbons (Fsp3) is 0.136. The van der Waals surface area contributed by atoms with Crippen molar-refractivity contribution in [2.45, 2.75) is 13.5 Å². The minimum absolute atomic E-state index is 0.00533. The average Bonchev–Trinajstić information content (AvgIpc) is 2.75. The van der Waals surface area contributed by atoms with E-state index in [0.29, 0.717) is 16.9 Å². The molecule has 2 amide bonds. The van der Waals surface area contributed by atoms with Gasteiger partial charge in [-0.15, -0.1) is 0 Å². The van der Waals surface area contributed by atoms with Gasteiger partial charge in [-0.3, -0.25) is 14.7 Å². The molecule has 1 heterocycles. The minimum Gasteiger partial charge on any atom is -0.506 e. The molecular formula is C22H21N3O4. The van der Waals surface area contributed by atoms with Gasteiger partial charge in [-0.05, 0) is 54.4 Å². The van der Waals surface area contributed by atoms with Crippen LogP contribution in [0.3, 0.4) is 0 Å². The van der Waals surface area contributed by atoms with Gasteiger partial charge >= 0.3 is 6.09 Å². The summed E-state index contributed by atoms with van der Waals surface area (Å²) in [5.41, 5.74) is 3.13. The van der Waals surface area contributed by atoms with Crippen molar-refractivity contribution in [2.24, 2.45) is 0 Å². The molecule has 0 fully saturated rings. The number of phenols is 1. The molecular weight excluding hydrogens is 370 g/mol. The first-order valence-electron chi connectivity index (χ1n) is 8.93. The van der Waals surface area contributed by atoms with Crippen LogP contribution in [0.5, 0.6) is 5.75 Å². The van der Waals surface area contributed by atoms with Gasteiger partial charge in [0.25, 0.3) is 5.91 Å². The smallest absolute Gasteiger partial charge is 0.414 e. The molecule has 0 unspecified atom stereocenters. The van der Waals surface area contributed by atoms with E-state index >= 15 is 0 Å². The molecule has 7 heteroatoms. The van der Waals surface area contributed by atoms with Crippen LogP contribution in [0.4, 0.5) is 16.2 Å². The Morgan fingerprint density at radius 1 is 1.14 bits per heavy atom. The summed E-state index contributed by atoms with van der Waals surface area (Å²) in [5.74, 6) is -0.333. The number of benzene rings is 2. The molecule has 0 aliphatic carbocycles. The highest BCUT2D eigenvalue weighted by Gasteiger charge is 2.17. The van der Waals surface area contributed by atoms with E-state index in [0.717, 1.165) is 11.1 Å². The van der Waals surface area contributed by atoms with Gasteiger partial charge in [0.1, 0.15) is 5.75 Å². The van der Waals surface area contributed by atoms with Gasteiger partial charge in [-0.25, -0.2) is 4.79 Å². The summed E-state index contributed by atoms with van der Waals surface area (Å²) in [6.45, 7) is 2.14. The molecule has 29 heavy (non-hydrogen) atoms. The van der Waals surface area contributed by atoms with Gasteiger partial charge in [-0.2, -0.15) is 0 Å². The average molecular weight is 391 g/mol. The summed E-state index contributed by atoms with van der Waals surface area (Å²) in [7, 11) is 1.32. The Hall–Kier alpha value is -3.87. The zero-order valence-corrected chi connectivity index (χ0v) is 16.1. The number of phenolic OH excluding ortho intramolecular Hbond substituents is 1. The van der Waals surface area contributed by atoms with Crippen LogP contribution in [0.15, 0.2) is 67.0 Å². The first-order valence-corrected chi connectivity index (χ1v) is 8.93. The van der Waals surface area contributed by atoms with E-state index in [9.17, 15) is 14.7 Å². The fourth-order valence-electron chi connectivity index (χ4n) is 2.77. The van der Waals surface area contributed by atoms with E-state index in [-0.39, 0.29) is 18.2 Å². The van der Waals surface area contributed by atoms with Crippen molar-refractivity contribution in [1.82, 2.24) is 4.98 Å². The summed E-state index contributed by atoms with van der Waals surface area (Å²) < 4.78 is 4.86. The van der Waals surface area contributed by atoms with E-state index in [4.69, 9.17) is 4.74 Å². The maximum atomic E-state index is 12.5. The molecule has 1 aromatic heterocycles. The van der Waals surface area contributed by atoms with Gasteiger partial charge in [0.15, 0.2) is 0 Å². The summed E-state index contributed by atoms with van der Waals surface area (Å²) >= 11 is 0. The summed E-state index contributed by atoms with van der Waals surface area (Å²) in [6.07, 6.45) is 2.69. The number of pyridine rings is 1. The lowest BCUT2D eigenvalue weighted by molar-refractivity contribution is 0.102. The first kappa shape index (κ1) is 19.9. The summed E-state index contributed by atoms with van der Waals surface area (Å²) in [6, 6.07) is 15.3. The zero-order valence-electron chi connectivity index (χ0n) is 16.1. The van der Waals surface area contributed by atoms with E-state index in [2.05, 4.69) is 10.3 Å². The lowest BCUT2D eigenvalue weighted by Crippen LogP contribution is -2.30. The standard InChI is InChI=1S/C22H21N3O4/c1-15-5-10-20(26)19(12-15)24-21(27)17-8-6-16(7-9-17)14-25(22(28)29-2)18-4-3-11-23-13-18/h3-13,26H,14H2,1-2H3,(H,24,27). The van der Waals surface area contributed by atoms with Crippen LogP contribution in [0.25, 0.3) is 0 Å². The molecule has 0 aliphatic heterocycles. The van der Waals surface area contributed by atoms with Crippen molar-refractivity contribution in [3.63, 3.8) is 0 Å². The molecule has 3 rings (SSSR count). The van der Waals surface area contributed by atoms with Gasteiger partial charge < -0.3 is 15.2 Å². The molecule has 0 bridgehead atoms. The van der Waals surface area contributed by atoms with Crippen LogP contribution < -0.4 is 10.2 Å². The molecule has 0 spiro atoms. The number of nitrogens with one attached hydrogen (secondary N) is 1. The predicted molar refractivity (Wildman–Crippen MR) is 110 cm³/mol. The lowest BCUT2D eigenvalue weighted by Gasteiger charge is -2.21. The third kappa shape index (κ3) is 4.90. The van der Waals surface area contributed by atoms with Crippen molar-refractivity contribution in [3.8, 4) is 5.75 Å². The summed E-state index contributed by atoms with van der Waals surface area (Å²) in [4.78, 5) is 30.1. The zero-order chi connectivity index (χ0) is 20.8. The highest BCUT2D eigenvalue weighted by atomic mass is 16.5. The van der Waals surface area contributed by atoms with Gasteiger partial charge in [0.2, 0.25) is 0 Å². The second-order valence-electron chi connectivity index (χ2n) is 6.44. The number of hydrogen-bond acceptors (Lipinski definition) is 5. The van der Waals surface area contributed by atoms with Crippen LogP contribution in [-0.2, 0) is 11.3 Å². The number of carbonyl (C=O) groups excluding carboxylic acids is 2. The first-order chi connectivity index (χ1) is 14.0. The normalized spacial score (nSPS) is 10.3. The molecule has 0 saturated heterocycles. The van der Waals surface area contributed by atoms with E-state index in [1.165, 1.54) is 18.1 Å². The Morgan fingerprint density at radius 2 is 1.90 bits per heavy atom.